The topological polar surface area (TPSA) is 80.5 Å². The van der Waals surface area contributed by atoms with Gasteiger partial charge < -0.3 is 10.6 Å². The number of rotatable bonds is 4. The van der Waals surface area contributed by atoms with Gasteiger partial charge in [0.15, 0.2) is 9.84 Å². The summed E-state index contributed by atoms with van der Waals surface area (Å²) in [6.07, 6.45) is 0. The van der Waals surface area contributed by atoms with Gasteiger partial charge in [0, 0.05) is 25.0 Å². The Kier molecular flexibility index (Phi) is 6.44. The van der Waals surface area contributed by atoms with Gasteiger partial charge >= 0.3 is 0 Å². The Hall–Kier alpha value is -1.89. The Morgan fingerprint density at radius 3 is 2.35 bits per heavy atom. The van der Waals surface area contributed by atoms with E-state index < -0.39 is 9.84 Å². The van der Waals surface area contributed by atoms with E-state index >= 15 is 0 Å². The molecule has 1 saturated heterocycles. The average molecular weight is 395 g/mol. The predicted octanol–water partition coefficient (Wildman–Crippen LogP) is 2.47. The molecule has 7 heteroatoms. The zero-order valence-corrected chi connectivity index (χ0v) is 16.2. The normalized spacial score (nSPS) is 19.8. The molecule has 5 nitrogen and oxygen atoms in total. The molecule has 0 bridgehead atoms. The van der Waals surface area contributed by atoms with Crippen LogP contribution < -0.4 is 5.73 Å². The highest BCUT2D eigenvalue weighted by atomic mass is 35.5. The first-order valence-corrected chi connectivity index (χ1v) is 10.0. The maximum absolute atomic E-state index is 13.0. The SMILES string of the molecule is CCS(=O)(=O)c1ccccc1C(=O)N1C[C@@H](N)[C@H](c2ccccc2)C1.Cl. The van der Waals surface area contributed by atoms with E-state index in [1.807, 2.05) is 30.3 Å². The van der Waals surface area contributed by atoms with Crippen LogP contribution in [0.25, 0.3) is 0 Å². The Morgan fingerprint density at radius 1 is 1.08 bits per heavy atom. The second-order valence-corrected chi connectivity index (χ2v) is 8.54. The van der Waals surface area contributed by atoms with Crippen LogP contribution in [0.2, 0.25) is 0 Å². The van der Waals surface area contributed by atoms with Crippen molar-refractivity contribution in [1.29, 1.82) is 0 Å². The summed E-state index contributed by atoms with van der Waals surface area (Å²) in [7, 11) is -3.46. The largest absolute Gasteiger partial charge is 0.336 e. The first-order valence-electron chi connectivity index (χ1n) is 8.35. The summed E-state index contributed by atoms with van der Waals surface area (Å²) in [4.78, 5) is 14.7. The average Bonchev–Trinajstić information content (AvgIpc) is 3.03. The second kappa shape index (κ2) is 8.20. The lowest BCUT2D eigenvalue weighted by atomic mass is 9.95. The van der Waals surface area contributed by atoms with Gasteiger partial charge in [0.25, 0.3) is 5.91 Å². The van der Waals surface area contributed by atoms with E-state index in [9.17, 15) is 13.2 Å². The van der Waals surface area contributed by atoms with E-state index in [0.717, 1.165) is 5.56 Å². The van der Waals surface area contributed by atoms with Crippen molar-refractivity contribution in [3.8, 4) is 0 Å². The first-order chi connectivity index (χ1) is 11.9. The van der Waals surface area contributed by atoms with Crippen LogP contribution in [0.15, 0.2) is 59.5 Å². The number of carbonyl (C=O) groups is 1. The third-order valence-corrected chi connectivity index (χ3v) is 6.50. The summed E-state index contributed by atoms with van der Waals surface area (Å²) >= 11 is 0. The third kappa shape index (κ3) is 3.92. The summed E-state index contributed by atoms with van der Waals surface area (Å²) in [5.41, 5.74) is 7.58. The molecule has 3 rings (SSSR count). The van der Waals surface area contributed by atoms with E-state index in [1.165, 1.54) is 6.07 Å². The van der Waals surface area contributed by atoms with E-state index in [4.69, 9.17) is 5.73 Å². The lowest BCUT2D eigenvalue weighted by Crippen LogP contribution is -2.33. The van der Waals surface area contributed by atoms with Gasteiger partial charge in [-0.25, -0.2) is 8.42 Å². The zero-order chi connectivity index (χ0) is 18.0. The highest BCUT2D eigenvalue weighted by Crippen LogP contribution is 2.28. The predicted molar refractivity (Wildman–Crippen MR) is 104 cm³/mol. The number of halogens is 1. The van der Waals surface area contributed by atoms with Crippen LogP contribution in [-0.2, 0) is 9.84 Å². The molecule has 1 aliphatic heterocycles. The fraction of sp³-hybridized carbons (Fsp3) is 0.316. The zero-order valence-electron chi connectivity index (χ0n) is 14.5. The van der Waals surface area contributed by atoms with Crippen LogP contribution in [0.3, 0.4) is 0 Å². The number of benzene rings is 2. The van der Waals surface area contributed by atoms with Gasteiger partial charge in [0.05, 0.1) is 16.2 Å². The van der Waals surface area contributed by atoms with Gasteiger partial charge in [0.2, 0.25) is 0 Å². The van der Waals surface area contributed by atoms with E-state index in [0.29, 0.717) is 13.1 Å². The molecule has 1 heterocycles. The first kappa shape index (κ1) is 20.4. The summed E-state index contributed by atoms with van der Waals surface area (Å²) < 4.78 is 24.6. The summed E-state index contributed by atoms with van der Waals surface area (Å²) in [6, 6.07) is 16.1. The minimum absolute atomic E-state index is 0. The fourth-order valence-corrected chi connectivity index (χ4v) is 4.38. The van der Waals surface area contributed by atoms with Crippen molar-refractivity contribution >= 4 is 28.2 Å². The third-order valence-electron chi connectivity index (χ3n) is 4.71. The molecule has 1 aliphatic rings. The number of hydrogen-bond acceptors (Lipinski definition) is 4. The van der Waals surface area contributed by atoms with Crippen molar-refractivity contribution in [2.75, 3.05) is 18.8 Å². The van der Waals surface area contributed by atoms with Crippen molar-refractivity contribution < 1.29 is 13.2 Å². The van der Waals surface area contributed by atoms with Crippen LogP contribution in [-0.4, -0.2) is 44.1 Å². The van der Waals surface area contributed by atoms with Gasteiger partial charge in [-0.05, 0) is 17.7 Å². The lowest BCUT2D eigenvalue weighted by Gasteiger charge is -2.18. The van der Waals surface area contributed by atoms with Crippen LogP contribution in [0.1, 0.15) is 28.8 Å². The molecule has 0 saturated carbocycles. The standard InChI is InChI=1S/C19H22N2O3S.ClH/c1-2-25(23,24)18-11-7-6-10-15(18)19(22)21-12-16(17(20)13-21)14-8-4-3-5-9-14;/h3-11,16-17H,2,12-13,20H2,1H3;1H/t16-,17+;/m0./s1. The van der Waals surface area contributed by atoms with Gasteiger partial charge in [0.1, 0.15) is 0 Å². The highest BCUT2D eigenvalue weighted by molar-refractivity contribution is 7.91. The van der Waals surface area contributed by atoms with Crippen molar-refractivity contribution in [2.24, 2.45) is 5.73 Å². The lowest BCUT2D eigenvalue weighted by molar-refractivity contribution is 0.0785. The van der Waals surface area contributed by atoms with E-state index in [2.05, 4.69) is 0 Å². The Morgan fingerprint density at radius 2 is 1.69 bits per heavy atom. The van der Waals surface area contributed by atoms with Crippen molar-refractivity contribution in [1.82, 2.24) is 4.90 Å². The molecule has 0 radical (unpaired) electrons. The van der Waals surface area contributed by atoms with Gasteiger partial charge in [-0.1, -0.05) is 49.4 Å². The molecule has 2 aromatic carbocycles. The Labute approximate surface area is 160 Å². The molecule has 2 atom stereocenters. The molecule has 2 aromatic rings. The molecule has 0 spiro atoms. The van der Waals surface area contributed by atoms with Crippen LogP contribution in [0.4, 0.5) is 0 Å². The number of hydrogen-bond donors (Lipinski definition) is 1. The summed E-state index contributed by atoms with van der Waals surface area (Å²) in [5, 5.41) is 0. The number of likely N-dealkylation sites (tertiary alicyclic amines) is 1. The van der Waals surface area contributed by atoms with E-state index in [1.54, 1.807) is 30.0 Å². The molecular weight excluding hydrogens is 372 g/mol. The minimum Gasteiger partial charge on any atom is -0.336 e. The van der Waals surface area contributed by atoms with Crippen molar-refractivity contribution in [3.63, 3.8) is 0 Å². The van der Waals surface area contributed by atoms with Gasteiger partial charge in [-0.2, -0.15) is 0 Å². The number of nitrogens with two attached hydrogens (primary N) is 1. The number of carbonyl (C=O) groups excluding carboxylic acids is 1. The molecular formula is C19H23ClN2O3S. The van der Waals surface area contributed by atoms with Crippen LogP contribution >= 0.6 is 12.4 Å². The molecule has 0 aliphatic carbocycles. The molecule has 2 N–H and O–H groups in total. The molecule has 26 heavy (non-hydrogen) atoms. The maximum Gasteiger partial charge on any atom is 0.255 e. The monoisotopic (exact) mass is 394 g/mol. The maximum atomic E-state index is 13.0. The molecule has 0 aromatic heterocycles. The number of nitrogens with zero attached hydrogens (tertiary/aromatic N) is 1. The molecule has 1 fully saturated rings. The van der Waals surface area contributed by atoms with Crippen molar-refractivity contribution in [3.05, 3.63) is 65.7 Å². The number of amides is 1. The second-order valence-electron chi connectivity index (χ2n) is 6.29. The van der Waals surface area contributed by atoms with Gasteiger partial charge in [-0.15, -0.1) is 12.4 Å². The summed E-state index contributed by atoms with van der Waals surface area (Å²) in [5.74, 6) is -0.259. The molecule has 1 amide bonds. The van der Waals surface area contributed by atoms with Crippen LogP contribution in [0.5, 0.6) is 0 Å². The van der Waals surface area contributed by atoms with Crippen molar-refractivity contribution in [2.45, 2.75) is 23.8 Å². The van der Waals surface area contributed by atoms with E-state index in [-0.39, 0.29) is 46.5 Å². The Bertz CT molecular complexity index is 871. The smallest absolute Gasteiger partial charge is 0.255 e. The summed E-state index contributed by atoms with van der Waals surface area (Å²) in [6.45, 7) is 2.48. The van der Waals surface area contributed by atoms with Crippen LogP contribution in [0, 0.1) is 0 Å². The van der Waals surface area contributed by atoms with Gasteiger partial charge in [-0.3, -0.25) is 4.79 Å². The Balaban J connectivity index is 0.00000243. The quantitative estimate of drug-likeness (QED) is 0.863. The minimum atomic E-state index is -3.46. The molecule has 140 valence electrons. The highest BCUT2D eigenvalue weighted by Gasteiger charge is 2.35. The number of sulfone groups is 1. The molecule has 0 unspecified atom stereocenters. The fourth-order valence-electron chi connectivity index (χ4n) is 3.29.